The second-order valence-electron chi connectivity index (χ2n) is 5.11. The molecule has 0 atom stereocenters. The van der Waals surface area contributed by atoms with Gasteiger partial charge in [0, 0.05) is 32.4 Å². The molecule has 102 valence electrons. The lowest BCUT2D eigenvalue weighted by molar-refractivity contribution is 0.496. The Balaban J connectivity index is 1.81. The molecule has 1 saturated heterocycles. The number of nitrogens with one attached hydrogen (secondary N) is 1. The van der Waals surface area contributed by atoms with Gasteiger partial charge in [-0.3, -0.25) is 9.78 Å². The number of nitrogens with two attached hydrogens (primary N) is 1. The predicted octanol–water partition coefficient (Wildman–Crippen LogP) is 0.441. The molecule has 0 unspecified atom stereocenters. The van der Waals surface area contributed by atoms with Crippen LogP contribution >= 0.6 is 0 Å². The Morgan fingerprint density at radius 1 is 1.37 bits per heavy atom. The fourth-order valence-corrected chi connectivity index (χ4v) is 2.45. The Kier molecular flexibility index (Phi) is 2.98. The molecule has 2 aromatic heterocycles. The highest BCUT2D eigenvalue weighted by atomic mass is 15.4. The Labute approximate surface area is 111 Å². The first-order chi connectivity index (χ1) is 9.13. The van der Waals surface area contributed by atoms with Crippen LogP contribution < -0.4 is 10.6 Å². The van der Waals surface area contributed by atoms with Crippen molar-refractivity contribution in [3.8, 4) is 11.4 Å². The summed E-state index contributed by atoms with van der Waals surface area (Å²) >= 11 is 0. The summed E-state index contributed by atoms with van der Waals surface area (Å²) in [7, 11) is 1.90. The highest BCUT2D eigenvalue weighted by molar-refractivity contribution is 5.58. The summed E-state index contributed by atoms with van der Waals surface area (Å²) in [5.41, 5.74) is 7.85. The quantitative estimate of drug-likeness (QED) is 0.819. The van der Waals surface area contributed by atoms with E-state index in [-0.39, 0.29) is 0 Å². The van der Waals surface area contributed by atoms with Crippen LogP contribution in [0.1, 0.15) is 18.5 Å². The molecule has 0 saturated carbocycles. The van der Waals surface area contributed by atoms with Gasteiger partial charge < -0.3 is 10.6 Å². The van der Waals surface area contributed by atoms with Crippen LogP contribution in [0.2, 0.25) is 0 Å². The molecule has 7 nitrogen and oxygen atoms in total. The number of H-pyrrole nitrogens is 1. The average Bonchev–Trinajstić information content (AvgIpc) is 2.97. The van der Waals surface area contributed by atoms with Gasteiger partial charge in [0.15, 0.2) is 5.82 Å². The van der Waals surface area contributed by atoms with Crippen LogP contribution in [-0.4, -0.2) is 44.1 Å². The van der Waals surface area contributed by atoms with Crippen LogP contribution in [0.3, 0.4) is 0 Å². The lowest BCUT2D eigenvalue weighted by atomic mass is 10.1. The van der Waals surface area contributed by atoms with E-state index in [1.807, 2.05) is 20.2 Å². The van der Waals surface area contributed by atoms with Crippen LogP contribution in [0.15, 0.2) is 6.20 Å². The number of hydrogen-bond donors (Lipinski definition) is 2. The lowest BCUT2D eigenvalue weighted by Crippen LogP contribution is -2.40. The van der Waals surface area contributed by atoms with Crippen molar-refractivity contribution in [2.75, 3.05) is 18.0 Å². The van der Waals surface area contributed by atoms with Gasteiger partial charge in [-0.15, -0.1) is 5.10 Å². The zero-order valence-electron chi connectivity index (χ0n) is 11.3. The number of piperidine rings is 1. The van der Waals surface area contributed by atoms with Crippen molar-refractivity contribution in [1.82, 2.24) is 25.0 Å². The third kappa shape index (κ3) is 2.33. The Hall–Kier alpha value is -1.89. The first-order valence-electron chi connectivity index (χ1n) is 6.57. The van der Waals surface area contributed by atoms with Gasteiger partial charge in [-0.2, -0.15) is 10.1 Å². The molecule has 1 aliphatic rings. The summed E-state index contributed by atoms with van der Waals surface area (Å²) in [5, 5.41) is 11.6. The van der Waals surface area contributed by atoms with Crippen LogP contribution in [0, 0.1) is 6.92 Å². The molecule has 0 aliphatic carbocycles. The van der Waals surface area contributed by atoms with E-state index in [0.717, 1.165) is 49.0 Å². The number of aromatic amines is 1. The number of rotatable bonds is 2. The Bertz CT molecular complexity index is 562. The van der Waals surface area contributed by atoms with E-state index in [2.05, 4.69) is 25.2 Å². The fraction of sp³-hybridized carbons (Fsp3) is 0.583. The normalized spacial score (nSPS) is 17.1. The van der Waals surface area contributed by atoms with Crippen LogP contribution in [-0.2, 0) is 7.05 Å². The average molecular weight is 261 g/mol. The topological polar surface area (TPSA) is 88.7 Å². The first-order valence-corrected chi connectivity index (χ1v) is 6.57. The van der Waals surface area contributed by atoms with Gasteiger partial charge in [0.1, 0.15) is 0 Å². The molecule has 1 fully saturated rings. The monoisotopic (exact) mass is 261 g/mol. The molecule has 19 heavy (non-hydrogen) atoms. The molecule has 7 heteroatoms. The number of aryl methyl sites for hydroxylation is 2. The minimum Gasteiger partial charge on any atom is -0.339 e. The zero-order chi connectivity index (χ0) is 13.4. The van der Waals surface area contributed by atoms with E-state index in [1.165, 1.54) is 0 Å². The van der Waals surface area contributed by atoms with Crippen molar-refractivity contribution in [2.24, 2.45) is 12.8 Å². The number of hydrogen-bond acceptors (Lipinski definition) is 5. The second-order valence-corrected chi connectivity index (χ2v) is 5.11. The van der Waals surface area contributed by atoms with Gasteiger partial charge >= 0.3 is 0 Å². The largest absolute Gasteiger partial charge is 0.339 e. The molecule has 3 heterocycles. The lowest BCUT2D eigenvalue weighted by Gasteiger charge is -2.28. The molecule has 0 bridgehead atoms. The molecule has 0 amide bonds. The summed E-state index contributed by atoms with van der Waals surface area (Å²) < 4.78 is 1.78. The van der Waals surface area contributed by atoms with Gasteiger partial charge in [-0.05, 0) is 19.8 Å². The molecular formula is C12H19N7. The predicted molar refractivity (Wildman–Crippen MR) is 72.7 cm³/mol. The van der Waals surface area contributed by atoms with E-state index >= 15 is 0 Å². The highest BCUT2D eigenvalue weighted by Gasteiger charge is 2.20. The van der Waals surface area contributed by atoms with E-state index in [9.17, 15) is 0 Å². The summed E-state index contributed by atoms with van der Waals surface area (Å²) in [6.45, 7) is 3.81. The van der Waals surface area contributed by atoms with Crippen molar-refractivity contribution >= 4 is 5.95 Å². The molecule has 0 radical (unpaired) electrons. The molecular weight excluding hydrogens is 242 g/mol. The molecule has 3 rings (SSSR count). The molecule has 1 aliphatic heterocycles. The summed E-state index contributed by atoms with van der Waals surface area (Å²) in [6, 6.07) is 0.315. The first kappa shape index (κ1) is 12.2. The Morgan fingerprint density at radius 3 is 2.74 bits per heavy atom. The molecule has 0 aromatic carbocycles. The summed E-state index contributed by atoms with van der Waals surface area (Å²) in [6.07, 6.45) is 3.94. The van der Waals surface area contributed by atoms with E-state index in [1.54, 1.807) is 4.68 Å². The fourth-order valence-electron chi connectivity index (χ4n) is 2.45. The Morgan fingerprint density at radius 2 is 2.11 bits per heavy atom. The number of nitrogens with zero attached hydrogens (tertiary/aromatic N) is 5. The summed E-state index contributed by atoms with van der Waals surface area (Å²) in [5.74, 6) is 1.53. The third-order valence-corrected chi connectivity index (χ3v) is 3.56. The van der Waals surface area contributed by atoms with Crippen molar-refractivity contribution < 1.29 is 0 Å². The maximum Gasteiger partial charge on any atom is 0.245 e. The van der Waals surface area contributed by atoms with Crippen LogP contribution in [0.4, 0.5) is 5.95 Å². The molecule has 3 N–H and O–H groups in total. The van der Waals surface area contributed by atoms with Gasteiger partial charge in [0.2, 0.25) is 5.95 Å². The van der Waals surface area contributed by atoms with Crippen molar-refractivity contribution in [3.63, 3.8) is 0 Å². The van der Waals surface area contributed by atoms with Crippen LogP contribution in [0.25, 0.3) is 11.4 Å². The standard InChI is InChI=1S/C12H19N7/c1-8-10(7-18(2)17-8)11-14-12(16-15-11)19-5-3-9(13)4-6-19/h7,9H,3-6,13H2,1-2H3,(H,14,15,16). The van der Waals surface area contributed by atoms with Crippen LogP contribution in [0.5, 0.6) is 0 Å². The molecule has 0 spiro atoms. The minimum atomic E-state index is 0.315. The zero-order valence-corrected chi connectivity index (χ0v) is 11.3. The maximum atomic E-state index is 5.91. The van der Waals surface area contributed by atoms with E-state index in [0.29, 0.717) is 6.04 Å². The smallest absolute Gasteiger partial charge is 0.245 e. The van der Waals surface area contributed by atoms with E-state index < -0.39 is 0 Å². The number of anilines is 1. The van der Waals surface area contributed by atoms with Gasteiger partial charge in [0.05, 0.1) is 11.3 Å². The number of aromatic nitrogens is 5. The van der Waals surface area contributed by atoms with Crippen molar-refractivity contribution in [3.05, 3.63) is 11.9 Å². The van der Waals surface area contributed by atoms with Gasteiger partial charge in [-0.25, -0.2) is 0 Å². The summed E-state index contributed by atoms with van der Waals surface area (Å²) in [4.78, 5) is 6.74. The second kappa shape index (κ2) is 4.65. The highest BCUT2D eigenvalue weighted by Crippen LogP contribution is 2.21. The van der Waals surface area contributed by atoms with Gasteiger partial charge in [0.25, 0.3) is 0 Å². The van der Waals surface area contributed by atoms with Crippen molar-refractivity contribution in [1.29, 1.82) is 0 Å². The third-order valence-electron chi connectivity index (χ3n) is 3.56. The van der Waals surface area contributed by atoms with Crippen molar-refractivity contribution in [2.45, 2.75) is 25.8 Å². The van der Waals surface area contributed by atoms with Gasteiger partial charge in [-0.1, -0.05) is 0 Å². The maximum absolute atomic E-state index is 5.91. The van der Waals surface area contributed by atoms with E-state index in [4.69, 9.17) is 5.73 Å². The minimum absolute atomic E-state index is 0.315. The molecule has 2 aromatic rings. The SMILES string of the molecule is Cc1nn(C)cc1-c1nc(N2CCC(N)CC2)n[nH]1.